The van der Waals surface area contributed by atoms with Crippen LogP contribution in [0.5, 0.6) is 0 Å². The van der Waals surface area contributed by atoms with Crippen LogP contribution in [0.2, 0.25) is 5.02 Å². The number of hydrogen-bond donors (Lipinski definition) is 1. The fourth-order valence-electron chi connectivity index (χ4n) is 3.21. The van der Waals surface area contributed by atoms with Crippen molar-refractivity contribution in [1.29, 1.82) is 0 Å². The standard InChI is InChI=1S/C22H20ClFN4O5S/c1-12(25-33-11-13-7-5-4-6-8-13)9-14-17(23)15(19(29)30)10-16(18(14)24)28-20(31)26(2)22(34)27(3)21(28)32/h4-8,10H,9,11H2,1-3H3,(H,29,30). The lowest BCUT2D eigenvalue weighted by molar-refractivity contribution is 0.0697. The third kappa shape index (κ3) is 4.85. The van der Waals surface area contributed by atoms with Crippen LogP contribution in [0.25, 0.3) is 5.69 Å². The van der Waals surface area contributed by atoms with Crippen LogP contribution in [0.1, 0.15) is 28.4 Å². The molecule has 0 saturated heterocycles. The summed E-state index contributed by atoms with van der Waals surface area (Å²) in [6, 6.07) is 10.1. The Morgan fingerprint density at radius 2 is 1.76 bits per heavy atom. The number of benzene rings is 2. The van der Waals surface area contributed by atoms with Crippen molar-refractivity contribution >= 4 is 35.5 Å². The van der Waals surface area contributed by atoms with E-state index in [9.17, 15) is 19.5 Å². The largest absolute Gasteiger partial charge is 0.478 e. The number of hydrogen-bond acceptors (Lipinski definition) is 6. The molecule has 0 unspecified atom stereocenters. The summed E-state index contributed by atoms with van der Waals surface area (Å²) in [5, 5.41) is 13.2. The van der Waals surface area contributed by atoms with Crippen molar-refractivity contribution in [3.63, 3.8) is 0 Å². The maximum Gasteiger partial charge on any atom is 0.338 e. The molecule has 3 rings (SSSR count). The molecule has 3 aromatic rings. The normalized spacial score (nSPS) is 11.5. The van der Waals surface area contributed by atoms with E-state index in [2.05, 4.69) is 5.16 Å². The first-order valence-electron chi connectivity index (χ1n) is 9.87. The van der Waals surface area contributed by atoms with Gasteiger partial charge >= 0.3 is 17.3 Å². The lowest BCUT2D eigenvalue weighted by Crippen LogP contribution is -2.44. The molecule has 0 bridgehead atoms. The van der Waals surface area contributed by atoms with Gasteiger partial charge in [0.15, 0.2) is 10.6 Å². The van der Waals surface area contributed by atoms with Gasteiger partial charge in [-0.3, -0.25) is 9.13 Å². The SMILES string of the molecule is CC(Cc1c(F)c(-n2c(=O)n(C)c(=S)n(C)c2=O)cc(C(=O)O)c1Cl)=NOCc1ccccc1. The summed E-state index contributed by atoms with van der Waals surface area (Å²) >= 11 is 11.2. The maximum absolute atomic E-state index is 15.6. The average Bonchev–Trinajstić information content (AvgIpc) is 2.81. The van der Waals surface area contributed by atoms with E-state index < -0.39 is 34.4 Å². The summed E-state index contributed by atoms with van der Waals surface area (Å²) in [6.07, 6.45) is -0.228. The van der Waals surface area contributed by atoms with E-state index in [1.165, 1.54) is 14.1 Å². The highest BCUT2D eigenvalue weighted by molar-refractivity contribution is 7.71. The molecule has 1 N–H and O–H groups in total. The number of carboxylic acid groups (broad SMARTS) is 1. The van der Waals surface area contributed by atoms with E-state index in [1.54, 1.807) is 6.92 Å². The van der Waals surface area contributed by atoms with Crippen LogP contribution in [0.15, 0.2) is 51.1 Å². The van der Waals surface area contributed by atoms with E-state index in [1.807, 2.05) is 30.3 Å². The van der Waals surface area contributed by atoms with Crippen molar-refractivity contribution in [1.82, 2.24) is 13.7 Å². The summed E-state index contributed by atoms with van der Waals surface area (Å²) < 4.78 is 18.0. The topological polar surface area (TPSA) is 108 Å². The van der Waals surface area contributed by atoms with Crippen LogP contribution in [0.3, 0.4) is 0 Å². The molecule has 34 heavy (non-hydrogen) atoms. The van der Waals surface area contributed by atoms with Crippen molar-refractivity contribution in [2.24, 2.45) is 19.3 Å². The van der Waals surface area contributed by atoms with Crippen molar-refractivity contribution in [3.05, 3.63) is 89.7 Å². The zero-order valence-electron chi connectivity index (χ0n) is 18.4. The zero-order chi connectivity index (χ0) is 25.2. The first kappa shape index (κ1) is 25.1. The first-order chi connectivity index (χ1) is 16.0. The molecule has 0 aliphatic rings. The highest BCUT2D eigenvalue weighted by Crippen LogP contribution is 2.29. The van der Waals surface area contributed by atoms with Gasteiger partial charge in [0.25, 0.3) is 0 Å². The Labute approximate surface area is 202 Å². The van der Waals surface area contributed by atoms with Gasteiger partial charge in [-0.25, -0.2) is 23.3 Å². The highest BCUT2D eigenvalue weighted by atomic mass is 35.5. The number of halogens is 2. The molecule has 0 aliphatic carbocycles. The minimum Gasteiger partial charge on any atom is -0.478 e. The Kier molecular flexibility index (Phi) is 7.48. The number of aromatic carboxylic acids is 1. The second-order valence-electron chi connectivity index (χ2n) is 7.42. The molecule has 0 atom stereocenters. The molecule has 0 amide bonds. The van der Waals surface area contributed by atoms with Gasteiger partial charge in [0.1, 0.15) is 6.61 Å². The molecule has 0 saturated carbocycles. The van der Waals surface area contributed by atoms with Gasteiger partial charge in [0.05, 0.1) is 22.0 Å². The number of carbonyl (C=O) groups is 1. The molecule has 1 aromatic heterocycles. The van der Waals surface area contributed by atoms with E-state index in [0.29, 0.717) is 4.57 Å². The molecule has 178 valence electrons. The van der Waals surface area contributed by atoms with E-state index >= 15 is 4.39 Å². The molecule has 12 heteroatoms. The van der Waals surface area contributed by atoms with Gasteiger partial charge in [0, 0.05) is 26.1 Å². The quantitative estimate of drug-likeness (QED) is 0.299. The van der Waals surface area contributed by atoms with E-state index in [0.717, 1.165) is 20.8 Å². The molecule has 0 spiro atoms. The summed E-state index contributed by atoms with van der Waals surface area (Å²) in [6.45, 7) is 1.72. The molecule has 0 fully saturated rings. The number of oxime groups is 1. The second-order valence-corrected chi connectivity index (χ2v) is 8.16. The monoisotopic (exact) mass is 506 g/mol. The van der Waals surface area contributed by atoms with Gasteiger partial charge in [-0.05, 0) is 30.8 Å². The zero-order valence-corrected chi connectivity index (χ0v) is 20.0. The van der Waals surface area contributed by atoms with Gasteiger partial charge in [-0.2, -0.15) is 0 Å². The Morgan fingerprint density at radius 3 is 2.32 bits per heavy atom. The third-order valence-corrected chi connectivity index (χ3v) is 5.98. The van der Waals surface area contributed by atoms with Crippen LogP contribution >= 0.6 is 23.8 Å². The van der Waals surface area contributed by atoms with Crippen molar-refractivity contribution < 1.29 is 19.1 Å². The summed E-state index contributed by atoms with van der Waals surface area (Å²) in [4.78, 5) is 42.6. The molecular weight excluding hydrogens is 487 g/mol. The lowest BCUT2D eigenvalue weighted by Gasteiger charge is -2.16. The Bertz CT molecular complexity index is 1440. The van der Waals surface area contributed by atoms with Gasteiger partial charge in [-0.1, -0.05) is 47.1 Å². The number of carboxylic acids is 1. The molecular formula is C22H20ClFN4O5S. The van der Waals surface area contributed by atoms with Crippen LogP contribution < -0.4 is 11.4 Å². The second kappa shape index (κ2) is 10.1. The smallest absolute Gasteiger partial charge is 0.338 e. The fourth-order valence-corrected chi connectivity index (χ4v) is 3.65. The number of nitrogens with zero attached hydrogens (tertiary/aromatic N) is 4. The minimum absolute atomic E-state index is 0.0853. The Hall–Kier alpha value is -3.57. The van der Waals surface area contributed by atoms with Crippen molar-refractivity contribution in [2.75, 3.05) is 0 Å². The van der Waals surface area contributed by atoms with Gasteiger partial charge in [-0.15, -0.1) is 0 Å². The molecule has 1 heterocycles. The van der Waals surface area contributed by atoms with Crippen molar-refractivity contribution in [3.8, 4) is 5.69 Å². The summed E-state index contributed by atoms with van der Waals surface area (Å²) in [5.74, 6) is -2.50. The number of rotatable bonds is 7. The van der Waals surface area contributed by atoms with Crippen LogP contribution in [0, 0.1) is 10.6 Å². The predicted octanol–water partition coefficient (Wildman–Crippen LogP) is 3.23. The van der Waals surface area contributed by atoms with Crippen LogP contribution in [-0.2, 0) is 32.0 Å². The van der Waals surface area contributed by atoms with Crippen LogP contribution in [0.4, 0.5) is 4.39 Å². The van der Waals surface area contributed by atoms with E-state index in [-0.39, 0.29) is 34.1 Å². The predicted molar refractivity (Wildman–Crippen MR) is 127 cm³/mol. The third-order valence-electron chi connectivity index (χ3n) is 5.00. The van der Waals surface area contributed by atoms with Crippen LogP contribution in [-0.4, -0.2) is 30.5 Å². The maximum atomic E-state index is 15.6. The Morgan fingerprint density at radius 1 is 1.18 bits per heavy atom. The fraction of sp³-hybridized carbons (Fsp3) is 0.227. The molecule has 9 nitrogen and oxygen atoms in total. The van der Waals surface area contributed by atoms with E-state index in [4.69, 9.17) is 28.7 Å². The summed E-state index contributed by atoms with van der Waals surface area (Å²) in [7, 11) is 2.63. The first-order valence-corrected chi connectivity index (χ1v) is 10.7. The Balaban J connectivity index is 2.11. The lowest BCUT2D eigenvalue weighted by atomic mass is 10.0. The summed E-state index contributed by atoms with van der Waals surface area (Å²) in [5.41, 5.74) is -2.01. The average molecular weight is 507 g/mol. The highest BCUT2D eigenvalue weighted by Gasteiger charge is 2.25. The molecule has 2 aromatic carbocycles. The van der Waals surface area contributed by atoms with Crippen molar-refractivity contribution in [2.45, 2.75) is 20.0 Å². The van der Waals surface area contributed by atoms with Gasteiger partial charge in [0.2, 0.25) is 0 Å². The number of aromatic nitrogens is 3. The minimum atomic E-state index is -1.46. The van der Waals surface area contributed by atoms with Gasteiger partial charge < -0.3 is 9.94 Å². The molecule has 0 radical (unpaired) electrons. The molecule has 0 aliphatic heterocycles.